The molecular weight excluding hydrogens is 310 g/mol. The number of halogens is 1. The number of benzene rings is 1. The minimum Gasteiger partial charge on any atom is -0.394 e. The van der Waals surface area contributed by atoms with Crippen LogP contribution in [0.1, 0.15) is 46.1 Å². The maximum Gasteiger partial charge on any atom is 0.0644 e. The van der Waals surface area contributed by atoms with E-state index in [1.807, 2.05) is 11.6 Å². The predicted octanol–water partition coefficient (Wildman–Crippen LogP) is 3.00. The Hall–Kier alpha value is -1.36. The van der Waals surface area contributed by atoms with Crippen molar-refractivity contribution in [3.63, 3.8) is 0 Å². The van der Waals surface area contributed by atoms with Crippen LogP contribution in [0.3, 0.4) is 0 Å². The molecule has 1 heterocycles. The summed E-state index contributed by atoms with van der Waals surface area (Å²) in [6, 6.07) is 7.22. The van der Waals surface area contributed by atoms with Crippen LogP contribution in [0, 0.1) is 20.8 Å². The van der Waals surface area contributed by atoms with Crippen molar-refractivity contribution in [2.75, 3.05) is 6.61 Å². The molecule has 0 aliphatic heterocycles. The van der Waals surface area contributed by atoms with E-state index in [1.165, 1.54) is 28.7 Å². The van der Waals surface area contributed by atoms with Crippen LogP contribution in [0.5, 0.6) is 0 Å². The van der Waals surface area contributed by atoms with Gasteiger partial charge in [-0.2, -0.15) is 5.10 Å². The molecule has 2 N–H and O–H groups in total. The van der Waals surface area contributed by atoms with E-state index in [4.69, 9.17) is 5.11 Å². The molecule has 1 atom stereocenters. The van der Waals surface area contributed by atoms with E-state index >= 15 is 0 Å². The Balaban J connectivity index is 0.00000192. The van der Waals surface area contributed by atoms with E-state index in [9.17, 15) is 0 Å². The van der Waals surface area contributed by atoms with Crippen LogP contribution in [-0.4, -0.2) is 21.5 Å². The maximum atomic E-state index is 9.10. The summed E-state index contributed by atoms with van der Waals surface area (Å²) in [6.45, 7) is 7.81. The Labute approximate surface area is 144 Å². The number of rotatable bonds is 5. The zero-order chi connectivity index (χ0) is 15.7. The lowest BCUT2D eigenvalue weighted by molar-refractivity contribution is 0.267. The third-order valence-corrected chi connectivity index (χ3v) is 4.74. The van der Waals surface area contributed by atoms with E-state index in [0.717, 1.165) is 24.4 Å². The first-order valence-electron chi connectivity index (χ1n) is 8.06. The molecule has 3 rings (SSSR count). The zero-order valence-electron chi connectivity index (χ0n) is 14.1. The SMILES string of the molecule is Cc1ccc2c(c1)CCC2NCc1c(C)nn(CCO)c1C.Cl. The second-order valence-electron chi connectivity index (χ2n) is 6.27. The molecule has 126 valence electrons. The quantitative estimate of drug-likeness (QED) is 0.883. The van der Waals surface area contributed by atoms with Gasteiger partial charge in [0.25, 0.3) is 0 Å². The Morgan fingerprint density at radius 2 is 2.09 bits per heavy atom. The van der Waals surface area contributed by atoms with Gasteiger partial charge in [-0.15, -0.1) is 12.4 Å². The summed E-state index contributed by atoms with van der Waals surface area (Å²) >= 11 is 0. The molecule has 0 spiro atoms. The third-order valence-electron chi connectivity index (χ3n) is 4.74. The van der Waals surface area contributed by atoms with Gasteiger partial charge in [0, 0.05) is 23.8 Å². The second kappa shape index (κ2) is 7.47. The smallest absolute Gasteiger partial charge is 0.0644 e. The van der Waals surface area contributed by atoms with Gasteiger partial charge in [-0.05, 0) is 44.7 Å². The van der Waals surface area contributed by atoms with Crippen molar-refractivity contribution in [1.82, 2.24) is 15.1 Å². The van der Waals surface area contributed by atoms with Crippen LogP contribution in [0.2, 0.25) is 0 Å². The van der Waals surface area contributed by atoms with Gasteiger partial charge in [-0.1, -0.05) is 23.8 Å². The lowest BCUT2D eigenvalue weighted by Gasteiger charge is -2.14. The predicted molar refractivity (Wildman–Crippen MR) is 95.1 cm³/mol. The molecule has 4 nitrogen and oxygen atoms in total. The molecule has 0 saturated heterocycles. The molecule has 23 heavy (non-hydrogen) atoms. The van der Waals surface area contributed by atoms with Crippen molar-refractivity contribution in [3.8, 4) is 0 Å². The summed E-state index contributed by atoms with van der Waals surface area (Å²) < 4.78 is 1.90. The van der Waals surface area contributed by atoms with Crippen LogP contribution < -0.4 is 5.32 Å². The highest BCUT2D eigenvalue weighted by atomic mass is 35.5. The molecule has 1 aliphatic carbocycles. The normalized spacial score (nSPS) is 16.3. The zero-order valence-corrected chi connectivity index (χ0v) is 14.9. The molecule has 0 bridgehead atoms. The molecule has 2 aromatic rings. The van der Waals surface area contributed by atoms with Gasteiger partial charge in [-0.25, -0.2) is 0 Å². The van der Waals surface area contributed by atoms with Gasteiger partial charge < -0.3 is 10.4 Å². The average Bonchev–Trinajstić information content (AvgIpc) is 2.99. The van der Waals surface area contributed by atoms with Crippen molar-refractivity contribution >= 4 is 12.4 Å². The molecule has 0 radical (unpaired) electrons. The number of nitrogens with one attached hydrogen (secondary N) is 1. The van der Waals surface area contributed by atoms with E-state index in [2.05, 4.69) is 42.5 Å². The highest BCUT2D eigenvalue weighted by Gasteiger charge is 2.22. The summed E-state index contributed by atoms with van der Waals surface area (Å²) in [5, 5.41) is 17.3. The Morgan fingerprint density at radius 1 is 1.30 bits per heavy atom. The van der Waals surface area contributed by atoms with Crippen molar-refractivity contribution in [1.29, 1.82) is 0 Å². The molecule has 1 aromatic heterocycles. The van der Waals surface area contributed by atoms with Gasteiger partial charge >= 0.3 is 0 Å². The molecule has 1 aliphatic rings. The molecule has 1 aromatic carbocycles. The number of hydrogen-bond acceptors (Lipinski definition) is 3. The largest absolute Gasteiger partial charge is 0.394 e. The summed E-state index contributed by atoms with van der Waals surface area (Å²) in [7, 11) is 0. The first kappa shape index (κ1) is 18.0. The monoisotopic (exact) mass is 335 g/mol. The van der Waals surface area contributed by atoms with Crippen LogP contribution in [0.25, 0.3) is 0 Å². The topological polar surface area (TPSA) is 50.1 Å². The molecule has 1 unspecified atom stereocenters. The standard InChI is InChI=1S/C18H25N3O.ClH/c1-12-4-6-16-15(10-12)5-7-18(16)19-11-17-13(2)20-21(8-9-22)14(17)3;/h4,6,10,18-19,22H,5,7-9,11H2,1-3H3;1H. The lowest BCUT2D eigenvalue weighted by Crippen LogP contribution is -2.19. The molecule has 5 heteroatoms. The van der Waals surface area contributed by atoms with E-state index in [0.29, 0.717) is 12.6 Å². The Kier molecular flexibility index (Phi) is 5.84. The van der Waals surface area contributed by atoms with Crippen molar-refractivity contribution in [3.05, 3.63) is 51.8 Å². The van der Waals surface area contributed by atoms with Crippen LogP contribution in [0.4, 0.5) is 0 Å². The summed E-state index contributed by atoms with van der Waals surface area (Å²) in [5.41, 5.74) is 7.75. The number of aliphatic hydroxyl groups excluding tert-OH is 1. The van der Waals surface area contributed by atoms with Gasteiger partial charge in [0.05, 0.1) is 18.8 Å². The van der Waals surface area contributed by atoms with Gasteiger partial charge in [-0.3, -0.25) is 4.68 Å². The summed E-state index contributed by atoms with van der Waals surface area (Å²) in [5.74, 6) is 0. The lowest BCUT2D eigenvalue weighted by atomic mass is 10.1. The number of fused-ring (bicyclic) bond motifs is 1. The van der Waals surface area contributed by atoms with Crippen molar-refractivity contribution < 1.29 is 5.11 Å². The fraction of sp³-hybridized carbons (Fsp3) is 0.500. The highest BCUT2D eigenvalue weighted by molar-refractivity contribution is 5.85. The Bertz CT molecular complexity index is 681. The average molecular weight is 336 g/mol. The van der Waals surface area contributed by atoms with Crippen LogP contribution in [-0.2, 0) is 19.5 Å². The molecular formula is C18H26ClN3O. The maximum absolute atomic E-state index is 9.10. The highest BCUT2D eigenvalue weighted by Crippen LogP contribution is 2.32. The Morgan fingerprint density at radius 3 is 2.83 bits per heavy atom. The number of nitrogens with zero attached hydrogens (tertiary/aromatic N) is 2. The van der Waals surface area contributed by atoms with Crippen molar-refractivity contribution in [2.24, 2.45) is 0 Å². The fourth-order valence-corrected chi connectivity index (χ4v) is 3.49. The summed E-state index contributed by atoms with van der Waals surface area (Å²) in [6.07, 6.45) is 2.33. The van der Waals surface area contributed by atoms with E-state index < -0.39 is 0 Å². The summed E-state index contributed by atoms with van der Waals surface area (Å²) in [4.78, 5) is 0. The van der Waals surface area contributed by atoms with Gasteiger partial charge in [0.15, 0.2) is 0 Å². The molecule has 0 fully saturated rings. The minimum atomic E-state index is 0. The third kappa shape index (κ3) is 3.60. The van der Waals surface area contributed by atoms with E-state index in [-0.39, 0.29) is 19.0 Å². The number of aliphatic hydroxyl groups is 1. The molecule has 0 saturated carbocycles. The minimum absolute atomic E-state index is 0. The fourth-order valence-electron chi connectivity index (χ4n) is 3.49. The van der Waals surface area contributed by atoms with Crippen molar-refractivity contribution in [2.45, 2.75) is 52.7 Å². The van der Waals surface area contributed by atoms with Crippen LogP contribution >= 0.6 is 12.4 Å². The van der Waals surface area contributed by atoms with E-state index in [1.54, 1.807) is 0 Å². The first-order valence-corrected chi connectivity index (χ1v) is 8.06. The van der Waals surface area contributed by atoms with Gasteiger partial charge in [0.1, 0.15) is 0 Å². The number of aryl methyl sites for hydroxylation is 3. The number of hydrogen-bond donors (Lipinski definition) is 2. The number of aromatic nitrogens is 2. The molecule has 0 amide bonds. The first-order chi connectivity index (χ1) is 10.6. The second-order valence-corrected chi connectivity index (χ2v) is 6.27. The van der Waals surface area contributed by atoms with Crippen LogP contribution in [0.15, 0.2) is 18.2 Å². The van der Waals surface area contributed by atoms with Gasteiger partial charge in [0.2, 0.25) is 0 Å².